The highest BCUT2D eigenvalue weighted by molar-refractivity contribution is 5.73. The van der Waals surface area contributed by atoms with Crippen LogP contribution in [0.3, 0.4) is 0 Å². The van der Waals surface area contributed by atoms with E-state index in [0.717, 1.165) is 6.41 Å². The van der Waals surface area contributed by atoms with Gasteiger partial charge in [-0.2, -0.15) is 0 Å². The molecule has 0 spiro atoms. The minimum Gasteiger partial charge on any atom is -0.343 e. The fourth-order valence-electron chi connectivity index (χ4n) is 1.92. The van der Waals surface area contributed by atoms with Crippen LogP contribution in [0.4, 0.5) is 10.1 Å². The van der Waals surface area contributed by atoms with E-state index in [2.05, 4.69) is 0 Å². The van der Waals surface area contributed by atoms with Crippen LogP contribution in [0.15, 0.2) is 24.3 Å². The lowest BCUT2D eigenvalue weighted by molar-refractivity contribution is -0.120. The highest BCUT2D eigenvalue weighted by Gasteiger charge is 2.21. The molecule has 2 rings (SSSR count). The van der Waals surface area contributed by atoms with E-state index in [9.17, 15) is 14.0 Å². The van der Waals surface area contributed by atoms with Gasteiger partial charge >= 0.3 is 0 Å². The summed E-state index contributed by atoms with van der Waals surface area (Å²) in [7, 11) is 0. The van der Waals surface area contributed by atoms with Crippen molar-refractivity contribution in [2.24, 2.45) is 0 Å². The molecule has 18 heavy (non-hydrogen) atoms. The number of carbonyl (C=O) groups is 2. The van der Waals surface area contributed by atoms with Crippen LogP contribution < -0.4 is 5.01 Å². The first kappa shape index (κ1) is 12.5. The molecule has 6 heteroatoms. The van der Waals surface area contributed by atoms with E-state index in [1.54, 1.807) is 17.0 Å². The molecule has 0 aliphatic carbocycles. The fraction of sp³-hybridized carbons (Fsp3) is 0.333. The average molecular weight is 251 g/mol. The molecule has 1 aromatic carbocycles. The summed E-state index contributed by atoms with van der Waals surface area (Å²) < 4.78 is 12.8. The smallest absolute Gasteiger partial charge is 0.228 e. The van der Waals surface area contributed by atoms with Crippen molar-refractivity contribution in [2.75, 3.05) is 31.2 Å². The zero-order valence-electron chi connectivity index (χ0n) is 9.83. The zero-order valence-corrected chi connectivity index (χ0v) is 9.83. The predicted molar refractivity (Wildman–Crippen MR) is 64.2 cm³/mol. The van der Waals surface area contributed by atoms with Crippen LogP contribution in [-0.4, -0.2) is 48.9 Å². The van der Waals surface area contributed by atoms with Gasteiger partial charge in [-0.25, -0.2) is 14.4 Å². The number of halogens is 1. The quantitative estimate of drug-likeness (QED) is 0.731. The molecule has 0 unspecified atom stereocenters. The van der Waals surface area contributed by atoms with Crippen molar-refractivity contribution in [1.82, 2.24) is 9.91 Å². The van der Waals surface area contributed by atoms with Gasteiger partial charge in [-0.05, 0) is 24.3 Å². The summed E-state index contributed by atoms with van der Waals surface area (Å²) in [6.07, 6.45) is 1.50. The van der Waals surface area contributed by atoms with Crippen LogP contribution >= 0.6 is 0 Å². The molecule has 1 aromatic rings. The first-order valence-corrected chi connectivity index (χ1v) is 5.69. The molecule has 1 saturated heterocycles. The average Bonchev–Trinajstić information content (AvgIpc) is 2.42. The lowest BCUT2D eigenvalue weighted by atomic mass is 10.3. The largest absolute Gasteiger partial charge is 0.343 e. The zero-order chi connectivity index (χ0) is 13.0. The van der Waals surface area contributed by atoms with Gasteiger partial charge in [-0.3, -0.25) is 9.59 Å². The van der Waals surface area contributed by atoms with Crippen molar-refractivity contribution < 1.29 is 14.0 Å². The number of piperazine rings is 1. The normalized spacial score (nSPS) is 16.4. The van der Waals surface area contributed by atoms with E-state index in [1.807, 2.05) is 5.01 Å². The Morgan fingerprint density at radius 3 is 2.17 bits per heavy atom. The van der Waals surface area contributed by atoms with Gasteiger partial charge in [-0.15, -0.1) is 0 Å². The molecule has 0 saturated carbocycles. The first-order chi connectivity index (χ1) is 8.74. The number of benzene rings is 1. The molecule has 0 atom stereocenters. The van der Waals surface area contributed by atoms with Crippen LogP contribution in [-0.2, 0) is 9.59 Å². The maximum atomic E-state index is 12.8. The lowest BCUT2D eigenvalue weighted by Gasteiger charge is -2.37. The van der Waals surface area contributed by atoms with E-state index in [1.165, 1.54) is 17.1 Å². The maximum absolute atomic E-state index is 12.8. The molecule has 5 nitrogen and oxygen atoms in total. The fourth-order valence-corrected chi connectivity index (χ4v) is 1.92. The number of anilines is 1. The molecule has 1 fully saturated rings. The molecular formula is C12H14FN3O2. The monoisotopic (exact) mass is 251 g/mol. The third kappa shape index (κ3) is 2.65. The van der Waals surface area contributed by atoms with Crippen molar-refractivity contribution in [3.05, 3.63) is 30.1 Å². The molecule has 1 heterocycles. The van der Waals surface area contributed by atoms with Gasteiger partial charge in [0, 0.05) is 26.2 Å². The van der Waals surface area contributed by atoms with Crippen LogP contribution in [0.2, 0.25) is 0 Å². The topological polar surface area (TPSA) is 43.9 Å². The number of nitrogens with zero attached hydrogens (tertiary/aromatic N) is 3. The summed E-state index contributed by atoms with van der Waals surface area (Å²) in [5.74, 6) is -0.338. The summed E-state index contributed by atoms with van der Waals surface area (Å²) in [5, 5.41) is 3.28. The summed E-state index contributed by atoms with van der Waals surface area (Å²) in [5.41, 5.74) is 0.617. The number of hydrazine groups is 1. The Morgan fingerprint density at radius 2 is 1.67 bits per heavy atom. The molecular weight excluding hydrogens is 237 g/mol. The third-order valence-electron chi connectivity index (χ3n) is 2.94. The summed E-state index contributed by atoms with van der Waals surface area (Å²) >= 11 is 0. The second kappa shape index (κ2) is 5.59. The molecule has 0 bridgehead atoms. The second-order valence-electron chi connectivity index (χ2n) is 4.02. The maximum Gasteiger partial charge on any atom is 0.228 e. The Balaban J connectivity index is 2.07. The Kier molecular flexibility index (Phi) is 3.88. The summed E-state index contributed by atoms with van der Waals surface area (Å²) in [6, 6.07) is 5.73. The molecule has 96 valence electrons. The highest BCUT2D eigenvalue weighted by atomic mass is 19.1. The van der Waals surface area contributed by atoms with Crippen molar-refractivity contribution in [1.29, 1.82) is 0 Å². The van der Waals surface area contributed by atoms with Crippen molar-refractivity contribution in [2.45, 2.75) is 0 Å². The SMILES string of the molecule is O=CN1CCN(N(C=O)c2ccc(F)cc2)CC1. The van der Waals surface area contributed by atoms with Crippen molar-refractivity contribution in [3.8, 4) is 0 Å². The third-order valence-corrected chi connectivity index (χ3v) is 2.94. The molecule has 1 aliphatic heterocycles. The van der Waals surface area contributed by atoms with Gasteiger partial charge in [-0.1, -0.05) is 0 Å². The van der Waals surface area contributed by atoms with Crippen molar-refractivity contribution in [3.63, 3.8) is 0 Å². The standard InChI is InChI=1S/C12H14FN3O2/c13-11-1-3-12(4-2-11)16(10-18)15-7-5-14(9-17)6-8-15/h1-4,9-10H,5-8H2. The van der Waals surface area contributed by atoms with Gasteiger partial charge in [0.25, 0.3) is 0 Å². The molecule has 0 radical (unpaired) electrons. The van der Waals surface area contributed by atoms with Crippen LogP contribution in [0.5, 0.6) is 0 Å². The number of hydrogen-bond acceptors (Lipinski definition) is 3. The van der Waals surface area contributed by atoms with Gasteiger partial charge in [0.2, 0.25) is 12.8 Å². The summed E-state index contributed by atoms with van der Waals surface area (Å²) in [6.45, 7) is 2.31. The minimum atomic E-state index is -0.338. The van der Waals surface area contributed by atoms with Crippen molar-refractivity contribution >= 4 is 18.5 Å². The van der Waals surface area contributed by atoms with E-state index in [4.69, 9.17) is 0 Å². The number of carbonyl (C=O) groups excluding carboxylic acids is 2. The number of rotatable bonds is 4. The van der Waals surface area contributed by atoms with Gasteiger partial charge in [0.05, 0.1) is 5.69 Å². The Labute approximate surface area is 104 Å². The van der Waals surface area contributed by atoms with Gasteiger partial charge in [0.15, 0.2) is 0 Å². The van der Waals surface area contributed by atoms with Crippen LogP contribution in [0, 0.1) is 5.82 Å². The van der Waals surface area contributed by atoms with E-state index >= 15 is 0 Å². The molecule has 2 amide bonds. The van der Waals surface area contributed by atoms with E-state index < -0.39 is 0 Å². The van der Waals surface area contributed by atoms with Gasteiger partial charge < -0.3 is 4.90 Å². The lowest BCUT2D eigenvalue weighted by Crippen LogP contribution is -2.53. The van der Waals surface area contributed by atoms with Crippen LogP contribution in [0.1, 0.15) is 0 Å². The minimum absolute atomic E-state index is 0.338. The Hall–Kier alpha value is -1.95. The van der Waals surface area contributed by atoms with Gasteiger partial charge in [0.1, 0.15) is 5.82 Å². The number of hydrogen-bond donors (Lipinski definition) is 0. The predicted octanol–water partition coefficient (Wildman–Crippen LogP) is 0.477. The first-order valence-electron chi connectivity index (χ1n) is 5.69. The highest BCUT2D eigenvalue weighted by Crippen LogP contribution is 2.16. The van der Waals surface area contributed by atoms with E-state index in [-0.39, 0.29) is 5.82 Å². The summed E-state index contributed by atoms with van der Waals surface area (Å²) in [4.78, 5) is 23.4. The van der Waals surface area contributed by atoms with E-state index in [0.29, 0.717) is 38.3 Å². The Morgan fingerprint density at radius 1 is 1.06 bits per heavy atom. The van der Waals surface area contributed by atoms with Crippen LogP contribution in [0.25, 0.3) is 0 Å². The molecule has 0 N–H and O–H groups in total. The second-order valence-corrected chi connectivity index (χ2v) is 4.02. The molecule has 1 aliphatic rings. The molecule has 0 aromatic heterocycles. The Bertz CT molecular complexity index is 416. The number of amides is 2.